The molecule has 0 aromatic heterocycles. The molecule has 0 aromatic rings. The van der Waals surface area contributed by atoms with Crippen molar-refractivity contribution in [3.63, 3.8) is 0 Å². The number of rotatable bonds is 1. The van der Waals surface area contributed by atoms with E-state index < -0.39 is 0 Å². The van der Waals surface area contributed by atoms with E-state index in [1.54, 1.807) is 11.8 Å². The fourth-order valence-corrected chi connectivity index (χ4v) is 2.68. The highest BCUT2D eigenvalue weighted by Gasteiger charge is 2.37. The molecule has 0 spiro atoms. The van der Waals surface area contributed by atoms with E-state index >= 15 is 0 Å². The molecule has 0 saturated heterocycles. The molecule has 2 aliphatic heterocycles. The Balaban J connectivity index is 2.35. The molecule has 3 heteroatoms. The molecule has 0 bridgehead atoms. The highest BCUT2D eigenvalue weighted by Crippen LogP contribution is 2.36. The largest absolute Gasteiger partial charge is 0.243 e. The monoisotopic (exact) mass is 181 g/mol. The fraction of sp³-hybridized carbons (Fsp3) is 0.444. The van der Waals surface area contributed by atoms with E-state index in [1.807, 2.05) is 0 Å². The van der Waals surface area contributed by atoms with Crippen molar-refractivity contribution in [2.24, 2.45) is 4.99 Å². The highest BCUT2D eigenvalue weighted by molar-refractivity contribution is 8.02. The van der Waals surface area contributed by atoms with Crippen molar-refractivity contribution in [3.8, 4) is 0 Å². The van der Waals surface area contributed by atoms with Gasteiger partial charge in [0.2, 0.25) is 5.50 Å². The Labute approximate surface area is 77.3 Å². The molecule has 12 heavy (non-hydrogen) atoms. The zero-order chi connectivity index (χ0) is 8.60. The molecule has 2 rings (SSSR count). The molecule has 0 amide bonds. The Bertz CT molecular complexity index is 280. The standard InChI is InChI=1S/C9H13N2S/c1-3-11-5-4-8(2)10-9(11)12-7-6-11/h4-7,9H,3H2,1-2H3/q+1. The minimum atomic E-state index is 0.347. The van der Waals surface area contributed by atoms with Crippen LogP contribution in [0.2, 0.25) is 0 Å². The van der Waals surface area contributed by atoms with Gasteiger partial charge in [0.05, 0.1) is 6.54 Å². The molecular formula is C9H13N2S+. The number of aliphatic imine (C=N–C) groups is 1. The number of hydrogen-bond acceptors (Lipinski definition) is 2. The van der Waals surface area contributed by atoms with Gasteiger partial charge in [-0.15, -0.1) is 0 Å². The Kier molecular flexibility index (Phi) is 1.85. The van der Waals surface area contributed by atoms with Gasteiger partial charge in [0, 0.05) is 17.2 Å². The van der Waals surface area contributed by atoms with Gasteiger partial charge in [0.25, 0.3) is 0 Å². The highest BCUT2D eigenvalue weighted by atomic mass is 32.2. The molecule has 0 fully saturated rings. The Hall–Kier alpha value is -0.540. The maximum absolute atomic E-state index is 4.59. The average molecular weight is 181 g/mol. The lowest BCUT2D eigenvalue weighted by Gasteiger charge is -2.32. The number of quaternary nitrogens is 1. The van der Waals surface area contributed by atoms with Crippen LogP contribution in [0.4, 0.5) is 0 Å². The van der Waals surface area contributed by atoms with Gasteiger partial charge in [0.15, 0.2) is 0 Å². The summed E-state index contributed by atoms with van der Waals surface area (Å²) in [6.07, 6.45) is 6.57. The van der Waals surface area contributed by atoms with Gasteiger partial charge >= 0.3 is 0 Å². The Morgan fingerprint density at radius 1 is 1.58 bits per heavy atom. The summed E-state index contributed by atoms with van der Waals surface area (Å²) in [6, 6.07) is 0. The van der Waals surface area contributed by atoms with Crippen LogP contribution in [-0.4, -0.2) is 22.2 Å². The van der Waals surface area contributed by atoms with Crippen LogP contribution in [-0.2, 0) is 0 Å². The summed E-state index contributed by atoms with van der Waals surface area (Å²) in [5.41, 5.74) is 1.48. The number of nitrogens with zero attached hydrogens (tertiary/aromatic N) is 2. The molecule has 0 saturated carbocycles. The molecule has 2 unspecified atom stereocenters. The van der Waals surface area contributed by atoms with Gasteiger partial charge in [0.1, 0.15) is 12.4 Å². The summed E-state index contributed by atoms with van der Waals surface area (Å²) in [7, 11) is 0. The van der Waals surface area contributed by atoms with Gasteiger partial charge in [-0.1, -0.05) is 0 Å². The van der Waals surface area contributed by atoms with Crippen LogP contribution < -0.4 is 0 Å². The van der Waals surface area contributed by atoms with Gasteiger partial charge in [-0.25, -0.2) is 9.48 Å². The zero-order valence-corrected chi connectivity index (χ0v) is 8.21. The summed E-state index contributed by atoms with van der Waals surface area (Å²) in [4.78, 5) is 4.59. The second-order valence-electron chi connectivity index (χ2n) is 3.14. The minimum Gasteiger partial charge on any atom is -0.241 e. The third kappa shape index (κ3) is 1.04. The van der Waals surface area contributed by atoms with Crippen LogP contribution in [0, 0.1) is 0 Å². The molecule has 2 nitrogen and oxygen atoms in total. The van der Waals surface area contributed by atoms with E-state index in [0.717, 1.165) is 16.7 Å². The predicted molar refractivity (Wildman–Crippen MR) is 53.6 cm³/mol. The first kappa shape index (κ1) is 8.08. The first-order valence-corrected chi connectivity index (χ1v) is 5.15. The second kappa shape index (κ2) is 2.75. The second-order valence-corrected chi connectivity index (χ2v) is 4.11. The van der Waals surface area contributed by atoms with E-state index in [0.29, 0.717) is 5.50 Å². The molecular weight excluding hydrogens is 168 g/mol. The normalized spacial score (nSPS) is 38.2. The van der Waals surface area contributed by atoms with Gasteiger partial charge < -0.3 is 0 Å². The number of fused-ring (bicyclic) bond motifs is 1. The van der Waals surface area contributed by atoms with Crippen LogP contribution in [0.5, 0.6) is 0 Å². The maximum Gasteiger partial charge on any atom is 0.243 e. The summed E-state index contributed by atoms with van der Waals surface area (Å²) >= 11 is 1.81. The van der Waals surface area contributed by atoms with Crippen LogP contribution in [0.1, 0.15) is 13.8 Å². The third-order valence-corrected chi connectivity index (χ3v) is 3.43. The lowest BCUT2D eigenvalue weighted by molar-refractivity contribution is -0.834. The molecule has 64 valence electrons. The van der Waals surface area contributed by atoms with E-state index in [2.05, 4.69) is 42.7 Å². The van der Waals surface area contributed by atoms with Crippen LogP contribution in [0.25, 0.3) is 0 Å². The van der Waals surface area contributed by atoms with E-state index in [4.69, 9.17) is 0 Å². The Morgan fingerprint density at radius 2 is 2.42 bits per heavy atom. The minimum absolute atomic E-state index is 0.347. The number of hydrogen-bond donors (Lipinski definition) is 0. The fourth-order valence-electron chi connectivity index (χ4n) is 1.50. The van der Waals surface area contributed by atoms with Crippen molar-refractivity contribution >= 4 is 17.5 Å². The van der Waals surface area contributed by atoms with Crippen molar-refractivity contribution in [3.05, 3.63) is 23.9 Å². The van der Waals surface area contributed by atoms with Crippen molar-refractivity contribution in [1.82, 2.24) is 0 Å². The van der Waals surface area contributed by atoms with Crippen molar-refractivity contribution in [2.75, 3.05) is 6.54 Å². The van der Waals surface area contributed by atoms with Crippen LogP contribution >= 0.6 is 11.8 Å². The molecule has 2 aliphatic rings. The van der Waals surface area contributed by atoms with E-state index in [9.17, 15) is 0 Å². The summed E-state index contributed by atoms with van der Waals surface area (Å²) in [5.74, 6) is 0. The van der Waals surface area contributed by atoms with Crippen LogP contribution in [0.15, 0.2) is 28.9 Å². The first-order valence-electron chi connectivity index (χ1n) is 4.21. The van der Waals surface area contributed by atoms with Gasteiger partial charge in [-0.3, -0.25) is 0 Å². The average Bonchev–Trinajstić information content (AvgIpc) is 2.48. The molecule has 2 heterocycles. The van der Waals surface area contributed by atoms with Crippen molar-refractivity contribution in [2.45, 2.75) is 19.3 Å². The topological polar surface area (TPSA) is 12.4 Å². The zero-order valence-electron chi connectivity index (χ0n) is 7.40. The quantitative estimate of drug-likeness (QED) is 0.565. The van der Waals surface area contributed by atoms with E-state index in [-0.39, 0.29) is 0 Å². The lowest BCUT2D eigenvalue weighted by atomic mass is 10.3. The third-order valence-electron chi connectivity index (χ3n) is 2.40. The molecule has 0 aromatic carbocycles. The lowest BCUT2D eigenvalue weighted by Crippen LogP contribution is -2.43. The molecule has 0 N–H and O–H groups in total. The molecule has 0 aliphatic carbocycles. The summed E-state index contributed by atoms with van der Waals surface area (Å²) in [5, 5.41) is 2.15. The smallest absolute Gasteiger partial charge is 0.241 e. The Morgan fingerprint density at radius 3 is 3.17 bits per heavy atom. The predicted octanol–water partition coefficient (Wildman–Crippen LogP) is 2.31. The summed E-state index contributed by atoms with van der Waals surface area (Å²) in [6.45, 7) is 5.34. The van der Waals surface area contributed by atoms with Crippen LogP contribution in [0.3, 0.4) is 0 Å². The first-order chi connectivity index (χ1) is 5.77. The molecule has 0 radical (unpaired) electrons. The van der Waals surface area contributed by atoms with Gasteiger partial charge in [-0.2, -0.15) is 0 Å². The number of thioether (sulfide) groups is 1. The van der Waals surface area contributed by atoms with Gasteiger partial charge in [-0.05, 0) is 25.6 Å². The SMILES string of the molecule is CC[N+]12C=CSC1N=C(C)C=C2. The summed E-state index contributed by atoms with van der Waals surface area (Å²) < 4.78 is 0.891. The van der Waals surface area contributed by atoms with Crippen molar-refractivity contribution < 1.29 is 4.48 Å². The maximum atomic E-state index is 4.59. The van der Waals surface area contributed by atoms with E-state index in [1.165, 1.54) is 0 Å². The van der Waals surface area contributed by atoms with Crippen molar-refractivity contribution in [1.29, 1.82) is 0 Å². The molecule has 2 atom stereocenters. The number of allylic oxidation sites excluding steroid dienone is 1.